The number of nitrogens with one attached hydrogen (secondary N) is 1. The van der Waals surface area contributed by atoms with E-state index in [2.05, 4.69) is 11.4 Å². The Labute approximate surface area is 171 Å². The van der Waals surface area contributed by atoms with Crippen molar-refractivity contribution in [2.45, 2.75) is 31.5 Å². The number of anilines is 1. The second kappa shape index (κ2) is 8.11. The molecule has 0 saturated carbocycles. The maximum atomic E-state index is 12.2. The minimum Gasteiger partial charge on any atom is -0.472 e. The Hall–Kier alpha value is -3.09. The van der Waals surface area contributed by atoms with Crippen LogP contribution < -0.4 is 5.32 Å². The number of furan rings is 1. The van der Waals surface area contributed by atoms with Gasteiger partial charge < -0.3 is 24.5 Å². The molecule has 0 radical (unpaired) electrons. The highest BCUT2D eigenvalue weighted by Gasteiger charge is 2.33. The summed E-state index contributed by atoms with van der Waals surface area (Å²) in [6, 6.07) is 3.92. The summed E-state index contributed by atoms with van der Waals surface area (Å²) in [7, 11) is 0. The summed E-state index contributed by atoms with van der Waals surface area (Å²) in [5, 5.41) is 22.2. The first-order valence-electron chi connectivity index (χ1n) is 9.23. The van der Waals surface area contributed by atoms with Crippen LogP contribution in [0.3, 0.4) is 0 Å². The fourth-order valence-electron chi connectivity index (χ4n) is 3.38. The van der Waals surface area contributed by atoms with Crippen molar-refractivity contribution >= 4 is 34.4 Å². The molecular formula is C20H19N3O5S. The SMILES string of the molecule is N#Cc1c(NC(=O)C=Cc2ccoc2)sc2c1CCC(OC(=O)N1CC(O)C1)C2. The lowest BCUT2D eigenvalue weighted by atomic mass is 9.94. The van der Waals surface area contributed by atoms with E-state index in [1.54, 1.807) is 12.1 Å². The molecule has 4 rings (SSSR count). The number of aliphatic hydroxyl groups excluding tert-OH is 1. The topological polar surface area (TPSA) is 116 Å². The van der Waals surface area contributed by atoms with E-state index < -0.39 is 12.2 Å². The van der Waals surface area contributed by atoms with Crippen molar-refractivity contribution in [1.29, 1.82) is 5.26 Å². The fraction of sp³-hybridized carbons (Fsp3) is 0.350. The number of carbonyl (C=O) groups excluding carboxylic acids is 2. The zero-order valence-corrected chi connectivity index (χ0v) is 16.3. The number of hydrogen-bond donors (Lipinski definition) is 2. The zero-order valence-electron chi connectivity index (χ0n) is 15.5. The van der Waals surface area contributed by atoms with Crippen molar-refractivity contribution in [1.82, 2.24) is 4.90 Å². The maximum absolute atomic E-state index is 12.2. The lowest BCUT2D eigenvalue weighted by Gasteiger charge is -2.36. The van der Waals surface area contributed by atoms with E-state index in [-0.39, 0.29) is 12.0 Å². The number of rotatable bonds is 4. The standard InChI is InChI=1S/C20H19N3O5S/c21-8-16-15-3-2-14(28-20(26)23-9-13(24)10-23)7-17(15)29-19(16)22-18(25)4-1-12-5-6-27-11-12/h1,4-6,11,13-14,24H,2-3,7,9-10H2,(H,22,25). The summed E-state index contributed by atoms with van der Waals surface area (Å²) in [6.45, 7) is 0.605. The summed E-state index contributed by atoms with van der Waals surface area (Å²) in [6.07, 6.45) is 6.63. The molecule has 3 heterocycles. The van der Waals surface area contributed by atoms with Crippen molar-refractivity contribution in [3.63, 3.8) is 0 Å². The third-order valence-corrected chi connectivity index (χ3v) is 6.10. The second-order valence-electron chi connectivity index (χ2n) is 7.01. The highest BCUT2D eigenvalue weighted by molar-refractivity contribution is 7.16. The van der Waals surface area contributed by atoms with E-state index in [4.69, 9.17) is 9.15 Å². The average molecular weight is 413 g/mol. The van der Waals surface area contributed by atoms with Crippen LogP contribution in [0.1, 0.15) is 28.0 Å². The van der Waals surface area contributed by atoms with Crippen LogP contribution in [-0.4, -0.2) is 47.3 Å². The first-order chi connectivity index (χ1) is 14.0. The lowest BCUT2D eigenvalue weighted by Crippen LogP contribution is -2.54. The van der Waals surface area contributed by atoms with Gasteiger partial charge in [0.25, 0.3) is 0 Å². The predicted molar refractivity (Wildman–Crippen MR) is 105 cm³/mol. The summed E-state index contributed by atoms with van der Waals surface area (Å²) in [5.74, 6) is -0.333. The van der Waals surface area contributed by atoms with Gasteiger partial charge in [0, 0.05) is 22.9 Å². The van der Waals surface area contributed by atoms with Crippen LogP contribution in [0.25, 0.3) is 6.08 Å². The first-order valence-corrected chi connectivity index (χ1v) is 10.0. The number of ether oxygens (including phenoxy) is 1. The van der Waals surface area contributed by atoms with Crippen LogP contribution in [0.4, 0.5) is 9.80 Å². The number of amides is 2. The van der Waals surface area contributed by atoms with Crippen LogP contribution in [0.5, 0.6) is 0 Å². The van der Waals surface area contributed by atoms with Gasteiger partial charge in [0.05, 0.1) is 37.3 Å². The third kappa shape index (κ3) is 4.18. The molecule has 1 fully saturated rings. The Morgan fingerprint density at radius 3 is 2.97 bits per heavy atom. The molecule has 2 aliphatic rings. The quantitative estimate of drug-likeness (QED) is 0.744. The van der Waals surface area contributed by atoms with Crippen molar-refractivity contribution < 1.29 is 23.8 Å². The minimum atomic E-state index is -0.468. The van der Waals surface area contributed by atoms with Crippen molar-refractivity contribution in [3.8, 4) is 6.07 Å². The number of aliphatic hydroxyl groups is 1. The molecule has 1 aliphatic carbocycles. The van der Waals surface area contributed by atoms with E-state index in [1.165, 1.54) is 34.8 Å². The van der Waals surface area contributed by atoms with E-state index in [1.807, 2.05) is 0 Å². The molecule has 0 spiro atoms. The Morgan fingerprint density at radius 1 is 1.45 bits per heavy atom. The first kappa shape index (κ1) is 19.2. The number of nitriles is 1. The number of hydrogen-bond acceptors (Lipinski definition) is 7. The molecule has 1 aliphatic heterocycles. The molecule has 29 heavy (non-hydrogen) atoms. The van der Waals surface area contributed by atoms with Gasteiger partial charge in [-0.3, -0.25) is 4.79 Å². The van der Waals surface area contributed by atoms with Gasteiger partial charge in [0.1, 0.15) is 17.2 Å². The molecule has 2 amide bonds. The number of nitrogens with zero attached hydrogens (tertiary/aromatic N) is 2. The Balaban J connectivity index is 1.41. The van der Waals surface area contributed by atoms with Gasteiger partial charge in [0.15, 0.2) is 0 Å². The van der Waals surface area contributed by atoms with Crippen molar-refractivity contribution in [2.24, 2.45) is 0 Å². The van der Waals surface area contributed by atoms with Gasteiger partial charge in [-0.2, -0.15) is 5.26 Å². The third-order valence-electron chi connectivity index (χ3n) is 4.93. The maximum Gasteiger partial charge on any atom is 0.410 e. The monoisotopic (exact) mass is 413 g/mol. The second-order valence-corrected chi connectivity index (χ2v) is 8.11. The van der Waals surface area contributed by atoms with Crippen molar-refractivity contribution in [2.75, 3.05) is 18.4 Å². The molecule has 1 unspecified atom stereocenters. The number of carbonyl (C=O) groups is 2. The van der Waals surface area contributed by atoms with Crippen LogP contribution in [0.15, 0.2) is 29.1 Å². The Bertz CT molecular complexity index is 983. The molecule has 1 saturated heterocycles. The van der Waals surface area contributed by atoms with E-state index in [0.717, 1.165) is 16.0 Å². The van der Waals surface area contributed by atoms with Crippen molar-refractivity contribution in [3.05, 3.63) is 46.2 Å². The van der Waals surface area contributed by atoms with Gasteiger partial charge in [0.2, 0.25) is 5.91 Å². The van der Waals surface area contributed by atoms with Crippen LogP contribution >= 0.6 is 11.3 Å². The van der Waals surface area contributed by atoms with Gasteiger partial charge in [-0.05, 0) is 30.5 Å². The highest BCUT2D eigenvalue weighted by atomic mass is 32.1. The summed E-state index contributed by atoms with van der Waals surface area (Å²) < 4.78 is 10.5. The van der Waals surface area contributed by atoms with Gasteiger partial charge in [-0.15, -0.1) is 11.3 Å². The van der Waals surface area contributed by atoms with Crippen LogP contribution in [0.2, 0.25) is 0 Å². The Morgan fingerprint density at radius 2 is 2.28 bits per heavy atom. The molecule has 9 heteroatoms. The molecule has 2 N–H and O–H groups in total. The van der Waals surface area contributed by atoms with Crippen LogP contribution in [-0.2, 0) is 22.4 Å². The van der Waals surface area contributed by atoms with E-state index in [0.29, 0.717) is 42.9 Å². The molecule has 0 bridgehead atoms. The van der Waals surface area contributed by atoms with Gasteiger partial charge in [-0.1, -0.05) is 0 Å². The smallest absolute Gasteiger partial charge is 0.410 e. The summed E-state index contributed by atoms with van der Waals surface area (Å²) in [4.78, 5) is 26.7. The largest absolute Gasteiger partial charge is 0.472 e. The summed E-state index contributed by atoms with van der Waals surface area (Å²) in [5.41, 5.74) is 2.16. The lowest BCUT2D eigenvalue weighted by molar-refractivity contribution is -0.111. The van der Waals surface area contributed by atoms with Gasteiger partial charge >= 0.3 is 6.09 Å². The molecule has 1 atom stereocenters. The number of β-amino-alcohol motifs (C(OH)–C–C–N with tert-alkyl or cyclic N) is 1. The number of thiophene rings is 1. The zero-order chi connectivity index (χ0) is 20.4. The summed E-state index contributed by atoms with van der Waals surface area (Å²) >= 11 is 1.35. The Kier molecular flexibility index (Phi) is 5.38. The molecule has 2 aromatic rings. The molecule has 2 aromatic heterocycles. The van der Waals surface area contributed by atoms with E-state index in [9.17, 15) is 20.0 Å². The molecule has 0 aromatic carbocycles. The number of likely N-dealkylation sites (tertiary alicyclic amines) is 1. The average Bonchev–Trinajstić information content (AvgIpc) is 3.30. The highest BCUT2D eigenvalue weighted by Crippen LogP contribution is 2.38. The molecule has 8 nitrogen and oxygen atoms in total. The number of fused-ring (bicyclic) bond motifs is 1. The normalized spacial score (nSPS) is 18.8. The predicted octanol–water partition coefficient (Wildman–Crippen LogP) is 2.54. The van der Waals surface area contributed by atoms with Gasteiger partial charge in [-0.25, -0.2) is 4.79 Å². The van der Waals surface area contributed by atoms with E-state index >= 15 is 0 Å². The van der Waals surface area contributed by atoms with Crippen LogP contribution in [0, 0.1) is 11.3 Å². The minimum absolute atomic E-state index is 0.275. The molecule has 150 valence electrons. The fourth-order valence-corrected chi connectivity index (χ4v) is 4.64. The molecular weight excluding hydrogens is 394 g/mol.